The summed E-state index contributed by atoms with van der Waals surface area (Å²) in [5.41, 5.74) is 1.08. The predicted octanol–water partition coefficient (Wildman–Crippen LogP) is 2.06. The van der Waals surface area contributed by atoms with E-state index in [2.05, 4.69) is 10.6 Å². The van der Waals surface area contributed by atoms with Crippen molar-refractivity contribution in [1.82, 2.24) is 15.5 Å². The van der Waals surface area contributed by atoms with Crippen molar-refractivity contribution in [3.05, 3.63) is 35.9 Å². The van der Waals surface area contributed by atoms with E-state index in [1.165, 1.54) is 0 Å². The van der Waals surface area contributed by atoms with Gasteiger partial charge in [0.25, 0.3) is 0 Å². The van der Waals surface area contributed by atoms with Crippen molar-refractivity contribution in [2.45, 2.75) is 32.2 Å². The molecule has 2 rings (SSSR count). The first kappa shape index (κ1) is 15.4. The zero-order valence-electron chi connectivity index (χ0n) is 12.5. The Morgan fingerprint density at radius 3 is 2.76 bits per heavy atom. The fourth-order valence-electron chi connectivity index (χ4n) is 2.49. The zero-order chi connectivity index (χ0) is 15.1. The minimum atomic E-state index is -0.167. The lowest BCUT2D eigenvalue weighted by molar-refractivity contribution is -0.127. The number of carbonyl (C=O) groups excluding carboxylic acids is 2. The van der Waals surface area contributed by atoms with Crippen LogP contribution >= 0.6 is 0 Å². The molecule has 21 heavy (non-hydrogen) atoms. The fraction of sp³-hybridized carbons (Fsp3) is 0.500. The number of urea groups is 1. The minimum absolute atomic E-state index is 0.0219. The van der Waals surface area contributed by atoms with Gasteiger partial charge in [-0.2, -0.15) is 0 Å². The number of rotatable bonds is 6. The first-order valence-electron chi connectivity index (χ1n) is 7.54. The van der Waals surface area contributed by atoms with E-state index in [0.717, 1.165) is 31.5 Å². The summed E-state index contributed by atoms with van der Waals surface area (Å²) in [6.45, 7) is 4.12. The largest absolute Gasteiger partial charge is 0.343 e. The number of carbonyl (C=O) groups is 2. The molecule has 0 aromatic heterocycles. The molecule has 0 aliphatic carbocycles. The van der Waals surface area contributed by atoms with Crippen LogP contribution in [0.3, 0.4) is 0 Å². The van der Waals surface area contributed by atoms with Crippen LogP contribution in [0.1, 0.15) is 37.8 Å². The van der Waals surface area contributed by atoms with E-state index >= 15 is 0 Å². The van der Waals surface area contributed by atoms with Crippen molar-refractivity contribution >= 4 is 11.9 Å². The summed E-state index contributed by atoms with van der Waals surface area (Å²) in [6, 6.07) is 9.66. The molecule has 0 saturated carbocycles. The normalized spacial score (nSPS) is 15.9. The molecule has 1 aromatic rings. The summed E-state index contributed by atoms with van der Waals surface area (Å²) in [7, 11) is 0. The highest BCUT2D eigenvalue weighted by Crippen LogP contribution is 2.11. The second-order valence-electron chi connectivity index (χ2n) is 5.37. The van der Waals surface area contributed by atoms with E-state index in [0.29, 0.717) is 13.0 Å². The molecule has 1 aromatic carbocycles. The van der Waals surface area contributed by atoms with Gasteiger partial charge in [-0.1, -0.05) is 30.3 Å². The summed E-state index contributed by atoms with van der Waals surface area (Å²) in [4.78, 5) is 25.1. The van der Waals surface area contributed by atoms with Crippen LogP contribution in [0, 0.1) is 0 Å². The maximum atomic E-state index is 11.8. The predicted molar refractivity (Wildman–Crippen MR) is 81.8 cm³/mol. The molecule has 1 aliphatic rings. The third-order valence-corrected chi connectivity index (χ3v) is 3.71. The molecule has 0 bridgehead atoms. The van der Waals surface area contributed by atoms with Gasteiger partial charge in [-0.3, -0.25) is 4.79 Å². The lowest BCUT2D eigenvalue weighted by Crippen LogP contribution is -2.38. The third kappa shape index (κ3) is 4.77. The second kappa shape index (κ2) is 7.67. The van der Waals surface area contributed by atoms with E-state index < -0.39 is 0 Å². The Balaban J connectivity index is 1.62. The van der Waals surface area contributed by atoms with Gasteiger partial charge < -0.3 is 15.5 Å². The van der Waals surface area contributed by atoms with Gasteiger partial charge in [-0.05, 0) is 25.3 Å². The lowest BCUT2D eigenvalue weighted by atomic mass is 10.1. The quantitative estimate of drug-likeness (QED) is 0.787. The van der Waals surface area contributed by atoms with Gasteiger partial charge in [0.05, 0.1) is 6.04 Å². The number of likely N-dealkylation sites (tertiary alicyclic amines) is 1. The van der Waals surface area contributed by atoms with Crippen LogP contribution in [0.4, 0.5) is 4.79 Å². The Kier molecular flexibility index (Phi) is 5.60. The van der Waals surface area contributed by atoms with Crippen molar-refractivity contribution in [1.29, 1.82) is 0 Å². The molecular weight excluding hydrogens is 266 g/mol. The second-order valence-corrected chi connectivity index (χ2v) is 5.37. The average molecular weight is 289 g/mol. The molecule has 2 N–H and O–H groups in total. The highest BCUT2D eigenvalue weighted by molar-refractivity contribution is 5.78. The SMILES string of the molecule is C[C@@H](NC(=O)NCCCN1CCCC1=O)c1ccccc1. The Morgan fingerprint density at radius 2 is 2.10 bits per heavy atom. The van der Waals surface area contributed by atoms with Crippen LogP contribution < -0.4 is 10.6 Å². The molecule has 1 saturated heterocycles. The summed E-state index contributed by atoms with van der Waals surface area (Å²) < 4.78 is 0. The molecule has 0 unspecified atom stereocenters. The van der Waals surface area contributed by atoms with Gasteiger partial charge in [0.1, 0.15) is 0 Å². The Labute approximate surface area is 125 Å². The summed E-state index contributed by atoms with van der Waals surface area (Å²) in [5, 5.41) is 5.74. The van der Waals surface area contributed by atoms with E-state index in [4.69, 9.17) is 0 Å². The number of benzene rings is 1. The average Bonchev–Trinajstić information content (AvgIpc) is 2.90. The molecule has 5 nitrogen and oxygen atoms in total. The molecule has 5 heteroatoms. The summed E-state index contributed by atoms with van der Waals surface area (Å²) in [6.07, 6.45) is 2.42. The van der Waals surface area contributed by atoms with Crippen LogP contribution in [-0.2, 0) is 4.79 Å². The van der Waals surface area contributed by atoms with Crippen LogP contribution in [0.15, 0.2) is 30.3 Å². The van der Waals surface area contributed by atoms with Crippen LogP contribution in [0.25, 0.3) is 0 Å². The lowest BCUT2D eigenvalue weighted by Gasteiger charge is -2.17. The van der Waals surface area contributed by atoms with Crippen LogP contribution in [-0.4, -0.2) is 36.5 Å². The van der Waals surface area contributed by atoms with Gasteiger partial charge in [-0.15, -0.1) is 0 Å². The van der Waals surface area contributed by atoms with Gasteiger partial charge >= 0.3 is 6.03 Å². The van der Waals surface area contributed by atoms with Gasteiger partial charge in [0, 0.05) is 26.1 Å². The van der Waals surface area contributed by atoms with E-state index in [-0.39, 0.29) is 18.0 Å². The minimum Gasteiger partial charge on any atom is -0.343 e. The van der Waals surface area contributed by atoms with Crippen molar-refractivity contribution in [2.75, 3.05) is 19.6 Å². The van der Waals surface area contributed by atoms with Crippen molar-refractivity contribution in [3.8, 4) is 0 Å². The Bertz CT molecular complexity index is 476. The molecule has 1 aliphatic heterocycles. The molecule has 114 valence electrons. The number of amides is 3. The van der Waals surface area contributed by atoms with Crippen molar-refractivity contribution < 1.29 is 9.59 Å². The number of nitrogens with one attached hydrogen (secondary N) is 2. The van der Waals surface area contributed by atoms with E-state index in [9.17, 15) is 9.59 Å². The third-order valence-electron chi connectivity index (χ3n) is 3.71. The molecular formula is C16H23N3O2. The van der Waals surface area contributed by atoms with E-state index in [1.54, 1.807) is 0 Å². The topological polar surface area (TPSA) is 61.4 Å². The van der Waals surface area contributed by atoms with Gasteiger partial charge in [-0.25, -0.2) is 4.79 Å². The molecule has 0 spiro atoms. The fourth-order valence-corrected chi connectivity index (χ4v) is 2.49. The smallest absolute Gasteiger partial charge is 0.315 e. The number of nitrogens with zero attached hydrogens (tertiary/aromatic N) is 1. The summed E-state index contributed by atoms with van der Waals surface area (Å²) >= 11 is 0. The molecule has 1 atom stereocenters. The molecule has 1 fully saturated rings. The maximum Gasteiger partial charge on any atom is 0.315 e. The van der Waals surface area contributed by atoms with Gasteiger partial charge in [0.2, 0.25) is 5.91 Å². The van der Waals surface area contributed by atoms with Crippen molar-refractivity contribution in [3.63, 3.8) is 0 Å². The zero-order valence-corrected chi connectivity index (χ0v) is 12.5. The van der Waals surface area contributed by atoms with Crippen LogP contribution in [0.2, 0.25) is 0 Å². The number of hydrogen-bond donors (Lipinski definition) is 2. The van der Waals surface area contributed by atoms with E-state index in [1.807, 2.05) is 42.2 Å². The Morgan fingerprint density at radius 1 is 1.33 bits per heavy atom. The maximum absolute atomic E-state index is 11.8. The van der Waals surface area contributed by atoms with Crippen molar-refractivity contribution in [2.24, 2.45) is 0 Å². The first-order valence-corrected chi connectivity index (χ1v) is 7.54. The first-order chi connectivity index (χ1) is 10.2. The standard InChI is InChI=1S/C16H23N3O2/c1-13(14-7-3-2-4-8-14)18-16(21)17-10-6-12-19-11-5-9-15(19)20/h2-4,7-8,13H,5-6,9-12H2,1H3,(H2,17,18,21)/t13-/m1/s1. The molecule has 3 amide bonds. The monoisotopic (exact) mass is 289 g/mol. The molecule has 1 heterocycles. The molecule has 0 radical (unpaired) electrons. The highest BCUT2D eigenvalue weighted by Gasteiger charge is 2.19. The summed E-state index contributed by atoms with van der Waals surface area (Å²) in [5.74, 6) is 0.233. The highest BCUT2D eigenvalue weighted by atomic mass is 16.2. The Hall–Kier alpha value is -2.04. The van der Waals surface area contributed by atoms with Gasteiger partial charge in [0.15, 0.2) is 0 Å². The number of hydrogen-bond acceptors (Lipinski definition) is 2. The van der Waals surface area contributed by atoms with Crippen LogP contribution in [0.5, 0.6) is 0 Å².